The van der Waals surface area contributed by atoms with Gasteiger partial charge in [0, 0.05) is 44.9 Å². The number of carbonyl (C=O) groups is 3. The molecule has 1 aliphatic rings. The number of hydrogen-bond acceptors (Lipinski definition) is 6. The van der Waals surface area contributed by atoms with Gasteiger partial charge in [-0.3, -0.25) is 19.3 Å². The molecule has 1 heterocycles. The van der Waals surface area contributed by atoms with Gasteiger partial charge in [-0.25, -0.2) is 4.39 Å². The van der Waals surface area contributed by atoms with Gasteiger partial charge in [0.2, 0.25) is 5.91 Å². The van der Waals surface area contributed by atoms with E-state index in [1.54, 1.807) is 81.7 Å². The fourth-order valence-electron chi connectivity index (χ4n) is 5.61. The minimum atomic E-state index is -0.760. The van der Waals surface area contributed by atoms with E-state index in [-0.39, 0.29) is 37.1 Å². The molecule has 7 nitrogen and oxygen atoms in total. The van der Waals surface area contributed by atoms with E-state index in [1.165, 1.54) is 25.2 Å². The number of halogens is 1. The molecule has 2 unspecified atom stereocenters. The van der Waals surface area contributed by atoms with Crippen molar-refractivity contribution in [3.05, 3.63) is 94.8 Å². The monoisotopic (exact) mass is 546 g/mol. The highest BCUT2D eigenvalue weighted by Crippen LogP contribution is 2.43. The molecular weight excluding hydrogens is 511 g/mol. The first-order chi connectivity index (χ1) is 19.2. The van der Waals surface area contributed by atoms with Gasteiger partial charge in [-0.15, -0.1) is 0 Å². The summed E-state index contributed by atoms with van der Waals surface area (Å²) in [7, 11) is 6.33. The summed E-state index contributed by atoms with van der Waals surface area (Å²) in [5.74, 6) is -2.36. The number of nitrogens with zero attached hydrogens (tertiary/aromatic N) is 2. The number of hydrogen-bond donors (Lipinski definition) is 0. The Morgan fingerprint density at radius 2 is 1.32 bits per heavy atom. The van der Waals surface area contributed by atoms with Crippen molar-refractivity contribution in [2.45, 2.75) is 12.8 Å². The van der Waals surface area contributed by atoms with E-state index in [2.05, 4.69) is 0 Å². The number of benzene rings is 3. The van der Waals surface area contributed by atoms with Gasteiger partial charge < -0.3 is 14.4 Å². The molecule has 1 aliphatic heterocycles. The van der Waals surface area contributed by atoms with Gasteiger partial charge in [0.15, 0.2) is 11.6 Å². The summed E-state index contributed by atoms with van der Waals surface area (Å²) in [6, 6.07) is 18.6. The van der Waals surface area contributed by atoms with Gasteiger partial charge in [-0.2, -0.15) is 0 Å². The molecule has 3 aromatic rings. The van der Waals surface area contributed by atoms with E-state index in [9.17, 15) is 18.8 Å². The van der Waals surface area contributed by atoms with Crippen molar-refractivity contribution in [3.63, 3.8) is 0 Å². The van der Waals surface area contributed by atoms with E-state index in [0.29, 0.717) is 33.8 Å². The van der Waals surface area contributed by atoms with Crippen molar-refractivity contribution in [2.24, 2.45) is 11.8 Å². The number of piperidine rings is 1. The Morgan fingerprint density at radius 3 is 1.80 bits per heavy atom. The van der Waals surface area contributed by atoms with Crippen molar-refractivity contribution in [1.82, 2.24) is 9.80 Å². The number of carbonyl (C=O) groups excluding carboxylic acids is 3. The normalized spacial score (nSPS) is 19.1. The Balaban J connectivity index is 1.91. The van der Waals surface area contributed by atoms with Crippen molar-refractivity contribution in [2.75, 3.05) is 47.9 Å². The minimum Gasteiger partial charge on any atom is -0.496 e. The zero-order chi connectivity index (χ0) is 29.0. The Labute approximate surface area is 234 Å². The molecule has 0 radical (unpaired) electrons. The molecule has 1 amide bonds. The molecule has 0 aliphatic carbocycles. The van der Waals surface area contributed by atoms with Crippen LogP contribution in [-0.2, 0) is 4.79 Å². The van der Waals surface area contributed by atoms with Crippen LogP contribution in [0.15, 0.2) is 66.7 Å². The molecule has 3 aromatic carbocycles. The molecule has 0 spiro atoms. The summed E-state index contributed by atoms with van der Waals surface area (Å²) in [5.41, 5.74) is 1.73. The Hall–Kier alpha value is -4.04. The van der Waals surface area contributed by atoms with Crippen molar-refractivity contribution < 1.29 is 28.2 Å². The van der Waals surface area contributed by atoms with Crippen LogP contribution in [0.1, 0.15) is 37.8 Å². The molecule has 0 saturated carbocycles. The van der Waals surface area contributed by atoms with Crippen LogP contribution in [0.3, 0.4) is 0 Å². The van der Waals surface area contributed by atoms with Gasteiger partial charge in [0.25, 0.3) is 0 Å². The lowest BCUT2D eigenvalue weighted by molar-refractivity contribution is -0.130. The van der Waals surface area contributed by atoms with Crippen LogP contribution in [0.4, 0.5) is 4.39 Å². The van der Waals surface area contributed by atoms with Crippen LogP contribution in [0.5, 0.6) is 11.5 Å². The lowest BCUT2D eigenvalue weighted by Crippen LogP contribution is -2.52. The fourth-order valence-corrected chi connectivity index (χ4v) is 5.61. The number of amides is 1. The Kier molecular flexibility index (Phi) is 9.00. The largest absolute Gasteiger partial charge is 0.496 e. The maximum Gasteiger partial charge on any atom is 0.236 e. The van der Waals surface area contributed by atoms with Crippen LogP contribution in [0.25, 0.3) is 0 Å². The number of ketones is 2. The zero-order valence-electron chi connectivity index (χ0n) is 23.5. The predicted octanol–water partition coefficient (Wildman–Crippen LogP) is 4.64. The zero-order valence-corrected chi connectivity index (χ0v) is 23.5. The van der Waals surface area contributed by atoms with Crippen molar-refractivity contribution >= 4 is 17.5 Å². The topological polar surface area (TPSA) is 76.2 Å². The number of rotatable bonds is 9. The van der Waals surface area contributed by atoms with Crippen LogP contribution < -0.4 is 9.47 Å². The van der Waals surface area contributed by atoms with Gasteiger partial charge in [-0.1, -0.05) is 36.4 Å². The summed E-state index contributed by atoms with van der Waals surface area (Å²) in [6.07, 6.45) is 0. The van der Waals surface area contributed by atoms with Gasteiger partial charge >= 0.3 is 0 Å². The average molecular weight is 547 g/mol. The number of para-hydroxylation sites is 2. The van der Waals surface area contributed by atoms with E-state index in [1.807, 2.05) is 4.90 Å². The summed E-state index contributed by atoms with van der Waals surface area (Å²) in [4.78, 5) is 44.8. The van der Waals surface area contributed by atoms with Crippen LogP contribution in [0, 0.1) is 24.6 Å². The second kappa shape index (κ2) is 12.4. The van der Waals surface area contributed by atoms with E-state index in [4.69, 9.17) is 9.47 Å². The molecule has 0 bridgehead atoms. The average Bonchev–Trinajstić information content (AvgIpc) is 2.97. The highest BCUT2D eigenvalue weighted by atomic mass is 19.1. The molecule has 0 N–H and O–H groups in total. The molecule has 1 saturated heterocycles. The third-order valence-electron chi connectivity index (χ3n) is 7.72. The lowest BCUT2D eigenvalue weighted by Gasteiger charge is -2.43. The van der Waals surface area contributed by atoms with Crippen LogP contribution in [-0.4, -0.2) is 75.2 Å². The molecule has 8 heteroatoms. The summed E-state index contributed by atoms with van der Waals surface area (Å²) < 4.78 is 25.9. The number of likely N-dealkylation sites (tertiary alicyclic amines) is 1. The number of Topliss-reactive ketones (excluding diaryl/α,β-unsaturated/α-hetero) is 2. The highest BCUT2D eigenvalue weighted by molar-refractivity contribution is 6.04. The van der Waals surface area contributed by atoms with Crippen LogP contribution >= 0.6 is 0 Å². The minimum absolute atomic E-state index is 0.0350. The van der Waals surface area contributed by atoms with E-state index in [0.717, 1.165) is 0 Å². The molecular formula is C32H35FN2O5. The Morgan fingerprint density at radius 1 is 0.825 bits per heavy atom. The van der Waals surface area contributed by atoms with Gasteiger partial charge in [0.05, 0.1) is 31.9 Å². The highest BCUT2D eigenvalue weighted by Gasteiger charge is 2.46. The van der Waals surface area contributed by atoms with E-state index >= 15 is 0 Å². The Bertz CT molecular complexity index is 1340. The van der Waals surface area contributed by atoms with E-state index < -0.39 is 23.6 Å². The fraction of sp³-hybridized carbons (Fsp3) is 0.344. The second-order valence-corrected chi connectivity index (χ2v) is 10.3. The standard InChI is InChI=1S/C32H35FN2O5/c1-20-21(13-10-14-26(20)33)30-24(31(37)22-11-6-8-15-27(22)39-4)17-35(19-29(36)34(2)3)18-25(30)32(38)23-12-7-9-16-28(23)40-5/h6-16,24-25,30H,17-19H2,1-5H3. The maximum absolute atomic E-state index is 14.9. The number of likely N-dealkylation sites (N-methyl/N-ethyl adjacent to an activating group) is 1. The summed E-state index contributed by atoms with van der Waals surface area (Å²) in [5, 5.41) is 0. The lowest BCUT2D eigenvalue weighted by atomic mass is 9.67. The molecule has 4 rings (SSSR count). The summed E-state index contributed by atoms with van der Waals surface area (Å²) in [6.45, 7) is 2.13. The van der Waals surface area contributed by atoms with Crippen LogP contribution in [0.2, 0.25) is 0 Å². The molecule has 1 fully saturated rings. The first-order valence-corrected chi connectivity index (χ1v) is 13.2. The second-order valence-electron chi connectivity index (χ2n) is 10.3. The van der Waals surface area contributed by atoms with Crippen molar-refractivity contribution in [1.29, 1.82) is 0 Å². The first kappa shape index (κ1) is 29.0. The smallest absolute Gasteiger partial charge is 0.236 e. The maximum atomic E-state index is 14.9. The molecule has 0 aromatic heterocycles. The molecule has 40 heavy (non-hydrogen) atoms. The third-order valence-corrected chi connectivity index (χ3v) is 7.72. The van der Waals surface area contributed by atoms with Gasteiger partial charge in [0.1, 0.15) is 17.3 Å². The molecule has 2 atom stereocenters. The SMILES string of the molecule is COc1ccccc1C(=O)C1CN(CC(=O)N(C)C)CC(C(=O)c2ccccc2OC)C1c1cccc(F)c1C. The third kappa shape index (κ3) is 5.77. The molecule has 210 valence electrons. The van der Waals surface area contributed by atoms with Gasteiger partial charge in [-0.05, 0) is 48.4 Å². The predicted molar refractivity (Wildman–Crippen MR) is 151 cm³/mol. The summed E-state index contributed by atoms with van der Waals surface area (Å²) >= 11 is 0. The first-order valence-electron chi connectivity index (χ1n) is 13.2. The quantitative estimate of drug-likeness (QED) is 0.364. The number of methoxy groups -OCH3 is 2. The number of ether oxygens (including phenoxy) is 2. The van der Waals surface area contributed by atoms with Crippen molar-refractivity contribution in [3.8, 4) is 11.5 Å².